The van der Waals surface area contributed by atoms with Crippen molar-refractivity contribution >= 4 is 36.4 Å². The number of pyridine rings is 1. The molecule has 0 aliphatic rings. The Balaban J connectivity index is 0.00000210. The third kappa shape index (κ3) is 6.92. The molecule has 2 N–H and O–H groups in total. The lowest BCUT2D eigenvalue weighted by Gasteiger charge is -2.13. The Morgan fingerprint density at radius 3 is 2.76 bits per heavy atom. The molecule has 1 amide bonds. The number of nitrogens with one attached hydrogen (secondary N) is 2. The lowest BCUT2D eigenvalue weighted by Crippen LogP contribution is -2.38. The van der Waals surface area contributed by atoms with Crippen LogP contribution in [0.15, 0.2) is 48.8 Å². The second-order valence-electron chi connectivity index (χ2n) is 6.69. The Morgan fingerprint density at radius 2 is 2.00 bits per heavy atom. The monoisotopic (exact) mass is 438 g/mol. The van der Waals surface area contributed by atoms with Gasteiger partial charge in [0.2, 0.25) is 0 Å². The fourth-order valence-electron chi connectivity index (χ4n) is 2.88. The smallest absolute Gasteiger partial charge is 0.251 e. The zero-order valence-electron chi connectivity index (χ0n) is 16.8. The summed E-state index contributed by atoms with van der Waals surface area (Å²) in [4.78, 5) is 16.9. The fourth-order valence-corrected chi connectivity index (χ4v) is 2.88. The molecule has 8 heteroatoms. The summed E-state index contributed by atoms with van der Waals surface area (Å²) in [6, 6.07) is 11.5. The minimum Gasteiger partial charge on any atom is -0.487 e. The van der Waals surface area contributed by atoms with E-state index in [-0.39, 0.29) is 36.8 Å². The molecular formula is C21H28Cl2N4O2. The van der Waals surface area contributed by atoms with E-state index in [2.05, 4.69) is 15.6 Å². The average molecular weight is 439 g/mol. The van der Waals surface area contributed by atoms with Gasteiger partial charge in [0.25, 0.3) is 5.91 Å². The number of hydrogen-bond donors (Lipinski definition) is 2. The van der Waals surface area contributed by atoms with Crippen LogP contribution in [0.5, 0.6) is 5.75 Å². The molecular weight excluding hydrogens is 411 g/mol. The van der Waals surface area contributed by atoms with Crippen LogP contribution in [0.1, 0.15) is 35.5 Å². The molecule has 0 aliphatic heterocycles. The van der Waals surface area contributed by atoms with Crippen LogP contribution in [0.3, 0.4) is 0 Å². The highest BCUT2D eigenvalue weighted by atomic mass is 35.5. The summed E-state index contributed by atoms with van der Waals surface area (Å²) in [6.45, 7) is 7.94. The highest BCUT2D eigenvalue weighted by molar-refractivity contribution is 5.94. The van der Waals surface area contributed by atoms with Crippen LogP contribution in [0, 0.1) is 6.92 Å². The van der Waals surface area contributed by atoms with E-state index in [1.807, 2.05) is 61.8 Å². The molecule has 0 unspecified atom stereocenters. The predicted molar refractivity (Wildman–Crippen MR) is 121 cm³/mol. The number of nitrogens with zero attached hydrogens (tertiary/aromatic N) is 2. The van der Waals surface area contributed by atoms with Crippen molar-refractivity contribution in [3.8, 4) is 5.75 Å². The summed E-state index contributed by atoms with van der Waals surface area (Å²) in [5.74, 6) is 0.545. The van der Waals surface area contributed by atoms with Crippen molar-refractivity contribution in [3.05, 3.63) is 65.6 Å². The van der Waals surface area contributed by atoms with Gasteiger partial charge in [-0.25, -0.2) is 4.98 Å². The van der Waals surface area contributed by atoms with Crippen molar-refractivity contribution in [2.24, 2.45) is 0 Å². The number of ether oxygens (including phenoxy) is 1. The van der Waals surface area contributed by atoms with Gasteiger partial charge in [0.1, 0.15) is 18.0 Å². The Hall–Kier alpha value is -2.28. The number of amides is 1. The number of fused-ring (bicyclic) bond motifs is 1. The highest BCUT2D eigenvalue weighted by Gasteiger charge is 2.09. The summed E-state index contributed by atoms with van der Waals surface area (Å²) < 4.78 is 7.83. The lowest BCUT2D eigenvalue weighted by atomic mass is 10.2. The van der Waals surface area contributed by atoms with Crippen LogP contribution in [0.25, 0.3) is 5.65 Å². The van der Waals surface area contributed by atoms with Crippen LogP contribution in [-0.4, -0.2) is 34.4 Å². The van der Waals surface area contributed by atoms with Gasteiger partial charge in [-0.05, 0) is 50.2 Å². The Bertz CT molecular complexity index is 930. The number of carbonyl (C=O) groups excluding carboxylic acids is 1. The maximum Gasteiger partial charge on any atom is 0.251 e. The lowest BCUT2D eigenvalue weighted by molar-refractivity contribution is 0.0949. The average Bonchev–Trinajstić information content (AvgIpc) is 3.07. The Labute approximate surface area is 183 Å². The maximum absolute atomic E-state index is 12.3. The van der Waals surface area contributed by atoms with E-state index < -0.39 is 0 Å². The number of hydrogen-bond acceptors (Lipinski definition) is 4. The molecule has 1 atom stereocenters. The van der Waals surface area contributed by atoms with Crippen LogP contribution in [0.2, 0.25) is 0 Å². The topological polar surface area (TPSA) is 67.7 Å². The normalized spacial score (nSPS) is 11.3. The van der Waals surface area contributed by atoms with Gasteiger partial charge < -0.3 is 19.8 Å². The minimum atomic E-state index is -0.103. The first-order chi connectivity index (χ1) is 13.0. The highest BCUT2D eigenvalue weighted by Crippen LogP contribution is 2.16. The second-order valence-corrected chi connectivity index (χ2v) is 6.69. The van der Waals surface area contributed by atoms with Crippen LogP contribution in [0.4, 0.5) is 0 Å². The first kappa shape index (κ1) is 24.8. The molecule has 0 spiro atoms. The minimum absolute atomic E-state index is 0. The molecule has 158 valence electrons. The summed E-state index contributed by atoms with van der Waals surface area (Å²) in [7, 11) is 0. The first-order valence-corrected chi connectivity index (χ1v) is 9.24. The molecule has 29 heavy (non-hydrogen) atoms. The summed E-state index contributed by atoms with van der Waals surface area (Å²) in [6.07, 6.45) is 3.99. The van der Waals surface area contributed by atoms with E-state index in [0.29, 0.717) is 24.5 Å². The molecule has 0 bridgehead atoms. The number of imidazole rings is 1. The largest absolute Gasteiger partial charge is 0.487 e. The molecule has 0 fully saturated rings. The van der Waals surface area contributed by atoms with Crippen molar-refractivity contribution in [1.82, 2.24) is 20.0 Å². The van der Waals surface area contributed by atoms with E-state index in [4.69, 9.17) is 4.74 Å². The van der Waals surface area contributed by atoms with E-state index in [0.717, 1.165) is 17.9 Å². The number of halogens is 2. The van der Waals surface area contributed by atoms with Crippen LogP contribution < -0.4 is 15.4 Å². The van der Waals surface area contributed by atoms with E-state index in [1.165, 1.54) is 5.56 Å². The maximum atomic E-state index is 12.3. The third-order valence-electron chi connectivity index (χ3n) is 4.25. The van der Waals surface area contributed by atoms with Gasteiger partial charge >= 0.3 is 0 Å². The number of aromatic nitrogens is 2. The van der Waals surface area contributed by atoms with Gasteiger partial charge in [0.15, 0.2) is 0 Å². The SMILES string of the molecule is CCN[C@H](C)CNC(=O)c1cccc(OCc2cn3cc(C)ccc3n2)c1.Cl.Cl. The molecule has 6 nitrogen and oxygen atoms in total. The van der Waals surface area contributed by atoms with Crippen molar-refractivity contribution in [2.45, 2.75) is 33.4 Å². The van der Waals surface area contributed by atoms with Gasteiger partial charge in [0.05, 0.1) is 5.69 Å². The van der Waals surface area contributed by atoms with Crippen molar-refractivity contribution in [2.75, 3.05) is 13.1 Å². The number of benzene rings is 1. The zero-order chi connectivity index (χ0) is 19.2. The molecule has 1 aromatic carbocycles. The Kier molecular flexibility index (Phi) is 9.95. The van der Waals surface area contributed by atoms with E-state index in [1.54, 1.807) is 12.1 Å². The molecule has 3 aromatic rings. The fraction of sp³-hybridized carbons (Fsp3) is 0.333. The standard InChI is InChI=1S/C21H26N4O2.2ClH/c1-4-22-16(3)11-23-21(26)17-6-5-7-19(10-17)27-14-18-13-25-12-15(2)8-9-20(25)24-18;;/h5-10,12-13,16,22H,4,11,14H2,1-3H3,(H,23,26);2*1H/t16-;;/m1../s1. The first-order valence-electron chi connectivity index (χ1n) is 9.24. The van der Waals surface area contributed by atoms with Gasteiger partial charge in [0, 0.05) is 30.5 Å². The third-order valence-corrected chi connectivity index (χ3v) is 4.25. The van der Waals surface area contributed by atoms with E-state index in [9.17, 15) is 4.79 Å². The van der Waals surface area contributed by atoms with Gasteiger partial charge in [-0.2, -0.15) is 0 Å². The van der Waals surface area contributed by atoms with Gasteiger partial charge in [-0.3, -0.25) is 4.79 Å². The summed E-state index contributed by atoms with van der Waals surface area (Å²) in [5, 5.41) is 6.20. The van der Waals surface area contributed by atoms with Crippen molar-refractivity contribution < 1.29 is 9.53 Å². The molecule has 3 rings (SSSR count). The number of aryl methyl sites for hydroxylation is 1. The molecule has 0 radical (unpaired) electrons. The number of rotatable bonds is 8. The van der Waals surface area contributed by atoms with Gasteiger partial charge in [-0.1, -0.05) is 19.1 Å². The molecule has 0 aliphatic carbocycles. The van der Waals surface area contributed by atoms with Crippen molar-refractivity contribution in [3.63, 3.8) is 0 Å². The molecule has 0 saturated carbocycles. The molecule has 2 aromatic heterocycles. The van der Waals surface area contributed by atoms with Crippen LogP contribution in [-0.2, 0) is 6.61 Å². The predicted octanol–water partition coefficient (Wildman–Crippen LogP) is 3.79. The quantitative estimate of drug-likeness (QED) is 0.561. The second kappa shape index (κ2) is 11.7. The molecule has 0 saturated heterocycles. The summed E-state index contributed by atoms with van der Waals surface area (Å²) in [5.41, 5.74) is 3.49. The van der Waals surface area contributed by atoms with E-state index >= 15 is 0 Å². The molecule has 2 heterocycles. The van der Waals surface area contributed by atoms with Gasteiger partial charge in [-0.15, -0.1) is 24.8 Å². The zero-order valence-corrected chi connectivity index (χ0v) is 18.5. The van der Waals surface area contributed by atoms with Crippen LogP contribution >= 0.6 is 24.8 Å². The van der Waals surface area contributed by atoms with Crippen molar-refractivity contribution in [1.29, 1.82) is 0 Å². The summed E-state index contributed by atoms with van der Waals surface area (Å²) >= 11 is 0. The number of carbonyl (C=O) groups is 1. The Morgan fingerprint density at radius 1 is 1.21 bits per heavy atom. The number of likely N-dealkylation sites (N-methyl/N-ethyl adjacent to an activating group) is 1.